The van der Waals surface area contributed by atoms with Gasteiger partial charge in [-0.1, -0.05) is 36.4 Å². The lowest BCUT2D eigenvalue weighted by molar-refractivity contribution is -0.131. The summed E-state index contributed by atoms with van der Waals surface area (Å²) in [5, 5.41) is 17.7. The minimum absolute atomic E-state index is 0.252. The van der Waals surface area contributed by atoms with Crippen LogP contribution in [0, 0.1) is 11.3 Å². The standard InChI is InChI=1S/C17H13NO3/c18-11-14-6-1-2-7-15(14)12-21-16-8-4-3-5-13(16)9-10-17(19)20/h1-10H,12H2,(H,19,20). The van der Waals surface area contributed by atoms with Crippen molar-refractivity contribution in [2.24, 2.45) is 0 Å². The lowest BCUT2D eigenvalue weighted by atomic mass is 10.1. The number of nitrogens with zero attached hydrogens (tertiary/aromatic N) is 1. The second-order valence-corrected chi connectivity index (χ2v) is 4.27. The lowest BCUT2D eigenvalue weighted by Crippen LogP contribution is -1.99. The molecule has 0 atom stereocenters. The van der Waals surface area contributed by atoms with E-state index in [1.807, 2.05) is 18.2 Å². The first-order chi connectivity index (χ1) is 10.2. The third-order valence-electron chi connectivity index (χ3n) is 2.85. The summed E-state index contributed by atoms with van der Waals surface area (Å²) in [4.78, 5) is 10.6. The molecule has 0 radical (unpaired) electrons. The number of para-hydroxylation sites is 1. The molecule has 2 aromatic carbocycles. The highest BCUT2D eigenvalue weighted by Gasteiger charge is 2.04. The maximum absolute atomic E-state index is 10.6. The van der Waals surface area contributed by atoms with Gasteiger partial charge in [-0.3, -0.25) is 0 Å². The van der Waals surface area contributed by atoms with Crippen LogP contribution in [0.25, 0.3) is 6.08 Å². The van der Waals surface area contributed by atoms with E-state index in [-0.39, 0.29) is 6.61 Å². The number of rotatable bonds is 5. The van der Waals surface area contributed by atoms with Crippen molar-refractivity contribution in [2.75, 3.05) is 0 Å². The van der Waals surface area contributed by atoms with E-state index >= 15 is 0 Å². The fourth-order valence-electron chi connectivity index (χ4n) is 1.82. The monoisotopic (exact) mass is 279 g/mol. The quantitative estimate of drug-likeness (QED) is 0.853. The lowest BCUT2D eigenvalue weighted by Gasteiger charge is -2.10. The maximum Gasteiger partial charge on any atom is 0.328 e. The van der Waals surface area contributed by atoms with Crippen molar-refractivity contribution in [3.8, 4) is 11.8 Å². The van der Waals surface area contributed by atoms with Crippen molar-refractivity contribution in [2.45, 2.75) is 6.61 Å². The number of carboxylic acids is 1. The molecule has 0 heterocycles. The predicted octanol–water partition coefficient (Wildman–Crippen LogP) is 3.24. The number of ether oxygens (including phenoxy) is 1. The Morgan fingerprint density at radius 2 is 1.90 bits per heavy atom. The molecule has 0 saturated heterocycles. The van der Waals surface area contributed by atoms with Crippen LogP contribution in [0.1, 0.15) is 16.7 Å². The molecule has 0 aromatic heterocycles. The van der Waals surface area contributed by atoms with Gasteiger partial charge in [0.1, 0.15) is 12.4 Å². The zero-order valence-corrected chi connectivity index (χ0v) is 11.2. The van der Waals surface area contributed by atoms with E-state index in [0.29, 0.717) is 16.9 Å². The molecule has 0 aliphatic heterocycles. The van der Waals surface area contributed by atoms with Crippen molar-refractivity contribution in [3.05, 3.63) is 71.3 Å². The predicted molar refractivity (Wildman–Crippen MR) is 78.6 cm³/mol. The summed E-state index contributed by atoms with van der Waals surface area (Å²) in [7, 11) is 0. The molecule has 21 heavy (non-hydrogen) atoms. The topological polar surface area (TPSA) is 70.3 Å². The smallest absolute Gasteiger partial charge is 0.328 e. The molecule has 0 bridgehead atoms. The largest absolute Gasteiger partial charge is 0.488 e. The van der Waals surface area contributed by atoms with E-state index in [2.05, 4.69) is 6.07 Å². The van der Waals surface area contributed by atoms with Crippen molar-refractivity contribution in [3.63, 3.8) is 0 Å². The van der Waals surface area contributed by atoms with Crippen LogP contribution in [-0.4, -0.2) is 11.1 Å². The molecule has 2 rings (SSSR count). The summed E-state index contributed by atoms with van der Waals surface area (Å²) in [6, 6.07) is 16.5. The number of aliphatic carboxylic acids is 1. The minimum atomic E-state index is -1.01. The van der Waals surface area contributed by atoms with Crippen LogP contribution in [0.4, 0.5) is 0 Å². The highest BCUT2D eigenvalue weighted by molar-refractivity contribution is 5.85. The van der Waals surface area contributed by atoms with Gasteiger partial charge >= 0.3 is 5.97 Å². The molecule has 1 N–H and O–H groups in total. The van der Waals surface area contributed by atoms with Crippen LogP contribution >= 0.6 is 0 Å². The summed E-state index contributed by atoms with van der Waals surface area (Å²) in [6.45, 7) is 0.252. The normalized spacial score (nSPS) is 10.2. The van der Waals surface area contributed by atoms with Crippen molar-refractivity contribution in [1.82, 2.24) is 0 Å². The van der Waals surface area contributed by atoms with Gasteiger partial charge in [0, 0.05) is 17.2 Å². The van der Waals surface area contributed by atoms with Crippen molar-refractivity contribution in [1.29, 1.82) is 5.26 Å². The Morgan fingerprint density at radius 3 is 2.67 bits per heavy atom. The molecule has 0 aliphatic carbocycles. The fraction of sp³-hybridized carbons (Fsp3) is 0.0588. The van der Waals surface area contributed by atoms with Gasteiger partial charge in [0.05, 0.1) is 11.6 Å². The van der Waals surface area contributed by atoms with Gasteiger partial charge in [0.15, 0.2) is 0 Å². The van der Waals surface area contributed by atoms with E-state index in [1.165, 1.54) is 6.08 Å². The highest BCUT2D eigenvalue weighted by Crippen LogP contribution is 2.21. The first-order valence-electron chi connectivity index (χ1n) is 6.31. The number of hydrogen-bond donors (Lipinski definition) is 1. The molecule has 104 valence electrons. The Balaban J connectivity index is 2.17. The number of benzene rings is 2. The van der Waals surface area contributed by atoms with Gasteiger partial charge in [-0.2, -0.15) is 5.26 Å². The molecular weight excluding hydrogens is 266 g/mol. The highest BCUT2D eigenvalue weighted by atomic mass is 16.5. The zero-order chi connectivity index (χ0) is 15.1. The molecule has 4 heteroatoms. The van der Waals surface area contributed by atoms with Gasteiger partial charge in [-0.25, -0.2) is 4.79 Å². The van der Waals surface area contributed by atoms with E-state index < -0.39 is 5.97 Å². The molecule has 0 fully saturated rings. The Hall–Kier alpha value is -3.06. The number of nitriles is 1. The summed E-state index contributed by atoms with van der Waals surface area (Å²) in [5.41, 5.74) is 2.03. The molecule has 0 aliphatic rings. The second kappa shape index (κ2) is 6.92. The van der Waals surface area contributed by atoms with E-state index in [9.17, 15) is 4.79 Å². The number of hydrogen-bond acceptors (Lipinski definition) is 3. The SMILES string of the molecule is N#Cc1ccccc1COc1ccccc1C=CC(=O)O. The van der Waals surface area contributed by atoms with Crippen LogP contribution in [0.5, 0.6) is 5.75 Å². The number of carbonyl (C=O) groups is 1. The fourth-order valence-corrected chi connectivity index (χ4v) is 1.82. The van der Waals surface area contributed by atoms with Gasteiger partial charge < -0.3 is 9.84 Å². The molecule has 2 aromatic rings. The van der Waals surface area contributed by atoms with Gasteiger partial charge in [-0.05, 0) is 18.2 Å². The van der Waals surface area contributed by atoms with E-state index in [4.69, 9.17) is 15.1 Å². The molecular formula is C17H13NO3. The Kier molecular flexibility index (Phi) is 4.73. The first kappa shape index (κ1) is 14.4. The van der Waals surface area contributed by atoms with Gasteiger partial charge in [0.25, 0.3) is 0 Å². The summed E-state index contributed by atoms with van der Waals surface area (Å²) in [6.07, 6.45) is 2.54. The van der Waals surface area contributed by atoms with E-state index in [0.717, 1.165) is 11.6 Å². The van der Waals surface area contributed by atoms with Crippen LogP contribution in [-0.2, 0) is 11.4 Å². The first-order valence-corrected chi connectivity index (χ1v) is 6.31. The molecule has 0 unspecified atom stereocenters. The van der Waals surface area contributed by atoms with E-state index in [1.54, 1.807) is 30.3 Å². The van der Waals surface area contributed by atoms with Crippen LogP contribution in [0.2, 0.25) is 0 Å². The Morgan fingerprint density at radius 1 is 1.19 bits per heavy atom. The summed E-state index contributed by atoms with van der Waals surface area (Å²) < 4.78 is 5.70. The summed E-state index contributed by atoms with van der Waals surface area (Å²) in [5.74, 6) is -0.442. The second-order valence-electron chi connectivity index (χ2n) is 4.27. The maximum atomic E-state index is 10.6. The molecule has 4 nitrogen and oxygen atoms in total. The molecule has 0 spiro atoms. The minimum Gasteiger partial charge on any atom is -0.488 e. The van der Waals surface area contributed by atoms with Gasteiger partial charge in [-0.15, -0.1) is 0 Å². The number of carboxylic acid groups (broad SMARTS) is 1. The van der Waals surface area contributed by atoms with Gasteiger partial charge in [0.2, 0.25) is 0 Å². The van der Waals surface area contributed by atoms with Crippen LogP contribution in [0.15, 0.2) is 54.6 Å². The van der Waals surface area contributed by atoms with Crippen LogP contribution in [0.3, 0.4) is 0 Å². The third kappa shape index (κ3) is 3.95. The zero-order valence-electron chi connectivity index (χ0n) is 11.2. The Bertz CT molecular complexity index is 714. The third-order valence-corrected chi connectivity index (χ3v) is 2.85. The van der Waals surface area contributed by atoms with Crippen molar-refractivity contribution < 1.29 is 14.6 Å². The average molecular weight is 279 g/mol. The molecule has 0 saturated carbocycles. The average Bonchev–Trinajstić information content (AvgIpc) is 2.51. The Labute approximate surface area is 122 Å². The molecule has 0 amide bonds. The summed E-state index contributed by atoms with van der Waals surface area (Å²) >= 11 is 0. The van der Waals surface area contributed by atoms with Crippen molar-refractivity contribution >= 4 is 12.0 Å². The van der Waals surface area contributed by atoms with Crippen LogP contribution < -0.4 is 4.74 Å².